The average molecular weight is 261 g/mol. The molecular weight excluding hydrogens is 238 g/mol. The molecule has 0 unspecified atom stereocenters. The molecule has 4 nitrogen and oxygen atoms in total. The number of nitrogens with one attached hydrogen (secondary N) is 1. The van der Waals surface area contributed by atoms with Crippen LogP contribution in [0.4, 0.5) is 5.82 Å². The molecule has 19 heavy (non-hydrogen) atoms. The third-order valence-electron chi connectivity index (χ3n) is 3.72. The Morgan fingerprint density at radius 3 is 2.84 bits per heavy atom. The largest absolute Gasteiger partial charge is 0.370 e. The van der Waals surface area contributed by atoms with Gasteiger partial charge in [0.1, 0.15) is 11.5 Å². The van der Waals surface area contributed by atoms with Crippen molar-refractivity contribution in [2.75, 3.05) is 18.9 Å². The molecule has 0 saturated heterocycles. The highest BCUT2D eigenvalue weighted by Gasteiger charge is 2.24. The number of pyridine rings is 1. The van der Waals surface area contributed by atoms with Crippen LogP contribution >= 0.6 is 0 Å². The van der Waals surface area contributed by atoms with Crippen molar-refractivity contribution in [3.8, 4) is 0 Å². The SMILES string of the molecule is CCCNc1cccc(C(=O)N(C)C2CCCC2)n1. The number of rotatable bonds is 5. The lowest BCUT2D eigenvalue weighted by Crippen LogP contribution is -2.35. The average Bonchev–Trinajstić information content (AvgIpc) is 2.98. The van der Waals surface area contributed by atoms with Gasteiger partial charge in [-0.15, -0.1) is 0 Å². The molecule has 0 aliphatic heterocycles. The highest BCUT2D eigenvalue weighted by atomic mass is 16.2. The maximum atomic E-state index is 12.4. The van der Waals surface area contributed by atoms with Crippen LogP contribution in [0, 0.1) is 0 Å². The molecule has 0 bridgehead atoms. The number of carbonyl (C=O) groups is 1. The summed E-state index contributed by atoms with van der Waals surface area (Å²) in [6.45, 7) is 2.99. The summed E-state index contributed by atoms with van der Waals surface area (Å²) < 4.78 is 0. The highest BCUT2D eigenvalue weighted by molar-refractivity contribution is 5.92. The highest BCUT2D eigenvalue weighted by Crippen LogP contribution is 2.23. The Kier molecular flexibility index (Phi) is 4.77. The second kappa shape index (κ2) is 6.55. The lowest BCUT2D eigenvalue weighted by molar-refractivity contribution is 0.0729. The summed E-state index contributed by atoms with van der Waals surface area (Å²) in [6, 6.07) is 5.98. The summed E-state index contributed by atoms with van der Waals surface area (Å²) in [7, 11) is 1.89. The Balaban J connectivity index is 2.05. The van der Waals surface area contributed by atoms with Crippen LogP contribution in [0.2, 0.25) is 0 Å². The molecular formula is C15H23N3O. The summed E-state index contributed by atoms with van der Waals surface area (Å²) in [5.74, 6) is 0.819. The van der Waals surface area contributed by atoms with Crippen molar-refractivity contribution in [2.24, 2.45) is 0 Å². The molecule has 0 spiro atoms. The van der Waals surface area contributed by atoms with E-state index in [9.17, 15) is 4.79 Å². The summed E-state index contributed by atoms with van der Waals surface area (Å²) >= 11 is 0. The third-order valence-corrected chi connectivity index (χ3v) is 3.72. The van der Waals surface area contributed by atoms with E-state index in [0.29, 0.717) is 11.7 Å². The van der Waals surface area contributed by atoms with Gasteiger partial charge in [0, 0.05) is 19.6 Å². The van der Waals surface area contributed by atoms with Gasteiger partial charge in [-0.3, -0.25) is 4.79 Å². The Morgan fingerprint density at radius 1 is 1.42 bits per heavy atom. The van der Waals surface area contributed by atoms with Crippen molar-refractivity contribution in [1.82, 2.24) is 9.88 Å². The molecule has 2 rings (SSSR count). The first-order chi connectivity index (χ1) is 9.22. The second-order valence-corrected chi connectivity index (χ2v) is 5.19. The number of anilines is 1. The van der Waals surface area contributed by atoms with Crippen LogP contribution < -0.4 is 5.32 Å². The predicted octanol–water partition coefficient (Wildman–Crippen LogP) is 2.92. The molecule has 1 aliphatic carbocycles. The van der Waals surface area contributed by atoms with Gasteiger partial charge >= 0.3 is 0 Å². The van der Waals surface area contributed by atoms with Crippen LogP contribution in [0.5, 0.6) is 0 Å². The molecule has 1 aromatic rings. The molecule has 1 aromatic heterocycles. The fraction of sp³-hybridized carbons (Fsp3) is 0.600. The van der Waals surface area contributed by atoms with E-state index in [1.54, 1.807) is 6.07 Å². The normalized spacial score (nSPS) is 15.5. The van der Waals surface area contributed by atoms with E-state index in [2.05, 4.69) is 17.2 Å². The monoisotopic (exact) mass is 261 g/mol. The zero-order valence-electron chi connectivity index (χ0n) is 11.9. The van der Waals surface area contributed by atoms with E-state index < -0.39 is 0 Å². The van der Waals surface area contributed by atoms with Gasteiger partial charge in [0.05, 0.1) is 0 Å². The van der Waals surface area contributed by atoms with Crippen LogP contribution in [0.25, 0.3) is 0 Å². The zero-order chi connectivity index (χ0) is 13.7. The van der Waals surface area contributed by atoms with E-state index in [1.165, 1.54) is 12.8 Å². The third kappa shape index (κ3) is 3.46. The maximum Gasteiger partial charge on any atom is 0.272 e. The van der Waals surface area contributed by atoms with Crippen LogP contribution in [0.1, 0.15) is 49.5 Å². The number of aromatic nitrogens is 1. The van der Waals surface area contributed by atoms with Crippen LogP contribution in [0.3, 0.4) is 0 Å². The van der Waals surface area contributed by atoms with E-state index in [4.69, 9.17) is 0 Å². The first-order valence-electron chi connectivity index (χ1n) is 7.20. The molecule has 1 amide bonds. The Morgan fingerprint density at radius 2 is 2.16 bits per heavy atom. The van der Waals surface area contributed by atoms with Gasteiger partial charge in [0.25, 0.3) is 5.91 Å². The first kappa shape index (κ1) is 13.8. The Hall–Kier alpha value is -1.58. The van der Waals surface area contributed by atoms with Crippen molar-refractivity contribution < 1.29 is 4.79 Å². The molecule has 0 aromatic carbocycles. The summed E-state index contributed by atoms with van der Waals surface area (Å²) in [5.41, 5.74) is 0.538. The van der Waals surface area contributed by atoms with Crippen molar-refractivity contribution in [1.29, 1.82) is 0 Å². The minimum Gasteiger partial charge on any atom is -0.370 e. The quantitative estimate of drug-likeness (QED) is 0.886. The van der Waals surface area contributed by atoms with Crippen molar-refractivity contribution in [3.05, 3.63) is 23.9 Å². The Labute approximate surface area is 115 Å². The van der Waals surface area contributed by atoms with E-state index >= 15 is 0 Å². The summed E-state index contributed by atoms with van der Waals surface area (Å²) in [6.07, 6.45) is 5.75. The minimum atomic E-state index is 0.0343. The van der Waals surface area contributed by atoms with Gasteiger partial charge in [-0.1, -0.05) is 25.8 Å². The lowest BCUT2D eigenvalue weighted by Gasteiger charge is -2.24. The van der Waals surface area contributed by atoms with Gasteiger partial charge in [-0.05, 0) is 31.4 Å². The fourth-order valence-corrected chi connectivity index (χ4v) is 2.54. The minimum absolute atomic E-state index is 0.0343. The molecule has 1 aliphatic rings. The number of nitrogens with zero attached hydrogens (tertiary/aromatic N) is 2. The van der Waals surface area contributed by atoms with E-state index in [-0.39, 0.29) is 5.91 Å². The van der Waals surface area contributed by atoms with Crippen LogP contribution in [-0.4, -0.2) is 35.4 Å². The van der Waals surface area contributed by atoms with E-state index in [0.717, 1.165) is 31.6 Å². The number of carbonyl (C=O) groups excluding carboxylic acids is 1. The number of amides is 1. The predicted molar refractivity (Wildman–Crippen MR) is 77.4 cm³/mol. The van der Waals surface area contributed by atoms with Gasteiger partial charge in [0.15, 0.2) is 0 Å². The van der Waals surface area contributed by atoms with E-state index in [1.807, 2.05) is 24.1 Å². The molecule has 4 heteroatoms. The van der Waals surface area contributed by atoms with Crippen LogP contribution in [0.15, 0.2) is 18.2 Å². The standard InChI is InChI=1S/C15H23N3O/c1-3-11-16-14-10-6-9-13(17-14)15(19)18(2)12-7-4-5-8-12/h6,9-10,12H,3-5,7-8,11H2,1-2H3,(H,16,17). The molecule has 0 radical (unpaired) electrons. The topological polar surface area (TPSA) is 45.2 Å². The van der Waals surface area contributed by atoms with Crippen molar-refractivity contribution >= 4 is 11.7 Å². The molecule has 0 atom stereocenters. The van der Waals surface area contributed by atoms with Gasteiger partial charge in [0.2, 0.25) is 0 Å². The molecule has 1 heterocycles. The number of hydrogen-bond donors (Lipinski definition) is 1. The molecule has 1 saturated carbocycles. The second-order valence-electron chi connectivity index (χ2n) is 5.19. The molecule has 1 fully saturated rings. The first-order valence-corrected chi connectivity index (χ1v) is 7.20. The molecule has 1 N–H and O–H groups in total. The summed E-state index contributed by atoms with van der Waals surface area (Å²) in [4.78, 5) is 18.7. The smallest absolute Gasteiger partial charge is 0.272 e. The molecule has 104 valence electrons. The number of hydrogen-bond acceptors (Lipinski definition) is 3. The van der Waals surface area contributed by atoms with Crippen molar-refractivity contribution in [2.45, 2.75) is 45.1 Å². The van der Waals surface area contributed by atoms with Crippen molar-refractivity contribution in [3.63, 3.8) is 0 Å². The van der Waals surface area contributed by atoms with Gasteiger partial charge in [-0.2, -0.15) is 0 Å². The van der Waals surface area contributed by atoms with Gasteiger partial charge < -0.3 is 10.2 Å². The van der Waals surface area contributed by atoms with Crippen LogP contribution in [-0.2, 0) is 0 Å². The zero-order valence-corrected chi connectivity index (χ0v) is 11.9. The fourth-order valence-electron chi connectivity index (χ4n) is 2.54. The van der Waals surface area contributed by atoms with Gasteiger partial charge in [-0.25, -0.2) is 4.98 Å². The maximum absolute atomic E-state index is 12.4. The lowest BCUT2D eigenvalue weighted by atomic mass is 10.2. The Bertz CT molecular complexity index is 427. The summed E-state index contributed by atoms with van der Waals surface area (Å²) in [5, 5.41) is 3.22.